The minimum atomic E-state index is -0.681. The third kappa shape index (κ3) is 3.43. The SMILES string of the molecule is CNC(=O)C(C)(C)CNC(=O)c1cnccc1Cl. The van der Waals surface area contributed by atoms with Crippen molar-refractivity contribution >= 4 is 23.4 Å². The number of pyridine rings is 1. The molecule has 1 aromatic rings. The highest BCUT2D eigenvalue weighted by atomic mass is 35.5. The lowest BCUT2D eigenvalue weighted by atomic mass is 9.92. The van der Waals surface area contributed by atoms with E-state index in [2.05, 4.69) is 15.6 Å². The Morgan fingerprint density at radius 2 is 2.11 bits per heavy atom. The van der Waals surface area contributed by atoms with Gasteiger partial charge in [-0.1, -0.05) is 11.6 Å². The number of nitrogens with zero attached hydrogens (tertiary/aromatic N) is 1. The van der Waals surface area contributed by atoms with Crippen LogP contribution in [0.1, 0.15) is 24.2 Å². The van der Waals surface area contributed by atoms with Crippen LogP contribution in [0, 0.1) is 5.41 Å². The number of carbonyl (C=O) groups excluding carboxylic acids is 2. The van der Waals surface area contributed by atoms with Crippen molar-refractivity contribution in [2.75, 3.05) is 13.6 Å². The summed E-state index contributed by atoms with van der Waals surface area (Å²) in [5.41, 5.74) is -0.383. The van der Waals surface area contributed by atoms with Crippen LogP contribution in [0.3, 0.4) is 0 Å². The molecule has 0 aliphatic heterocycles. The summed E-state index contributed by atoms with van der Waals surface area (Å²) in [6, 6.07) is 1.54. The van der Waals surface area contributed by atoms with Crippen LogP contribution in [0.4, 0.5) is 0 Å². The molecule has 0 spiro atoms. The van der Waals surface area contributed by atoms with Crippen molar-refractivity contribution in [3.8, 4) is 0 Å². The van der Waals surface area contributed by atoms with Gasteiger partial charge >= 0.3 is 0 Å². The summed E-state index contributed by atoms with van der Waals surface area (Å²) in [4.78, 5) is 27.2. The molecule has 0 saturated heterocycles. The molecule has 0 saturated carbocycles. The molecule has 0 radical (unpaired) electrons. The first-order valence-corrected chi connectivity index (χ1v) is 5.86. The van der Waals surface area contributed by atoms with E-state index in [1.807, 2.05) is 0 Å². The van der Waals surface area contributed by atoms with Crippen LogP contribution in [0.5, 0.6) is 0 Å². The van der Waals surface area contributed by atoms with Crippen molar-refractivity contribution in [3.05, 3.63) is 29.0 Å². The van der Waals surface area contributed by atoms with Gasteiger partial charge in [0.15, 0.2) is 0 Å². The second kappa shape index (κ2) is 5.82. The number of aromatic nitrogens is 1. The third-order valence-electron chi connectivity index (χ3n) is 2.55. The van der Waals surface area contributed by atoms with Crippen LogP contribution < -0.4 is 10.6 Å². The van der Waals surface area contributed by atoms with E-state index < -0.39 is 5.41 Å². The molecular weight excluding hydrogens is 254 g/mol. The van der Waals surface area contributed by atoms with Crippen LogP contribution in [0.25, 0.3) is 0 Å². The zero-order chi connectivity index (χ0) is 13.8. The maximum absolute atomic E-state index is 11.9. The Morgan fingerprint density at radius 1 is 1.44 bits per heavy atom. The Labute approximate surface area is 111 Å². The molecular formula is C12H16ClN3O2. The lowest BCUT2D eigenvalue weighted by molar-refractivity contribution is -0.128. The lowest BCUT2D eigenvalue weighted by Crippen LogP contribution is -2.43. The zero-order valence-electron chi connectivity index (χ0n) is 10.6. The molecule has 0 aliphatic rings. The summed E-state index contributed by atoms with van der Waals surface area (Å²) < 4.78 is 0. The highest BCUT2D eigenvalue weighted by molar-refractivity contribution is 6.33. The van der Waals surface area contributed by atoms with Gasteiger partial charge in [-0.05, 0) is 19.9 Å². The van der Waals surface area contributed by atoms with Gasteiger partial charge in [-0.3, -0.25) is 14.6 Å². The van der Waals surface area contributed by atoms with E-state index in [-0.39, 0.29) is 18.4 Å². The van der Waals surface area contributed by atoms with Gasteiger partial charge in [0, 0.05) is 26.0 Å². The smallest absolute Gasteiger partial charge is 0.254 e. The molecule has 6 heteroatoms. The van der Waals surface area contributed by atoms with Crippen molar-refractivity contribution in [1.29, 1.82) is 0 Å². The number of hydrogen-bond acceptors (Lipinski definition) is 3. The number of amides is 2. The first-order valence-electron chi connectivity index (χ1n) is 5.48. The highest BCUT2D eigenvalue weighted by Gasteiger charge is 2.27. The van der Waals surface area contributed by atoms with Crippen molar-refractivity contribution in [2.45, 2.75) is 13.8 Å². The fourth-order valence-corrected chi connectivity index (χ4v) is 1.55. The molecule has 0 fully saturated rings. The Balaban J connectivity index is 2.68. The number of hydrogen-bond donors (Lipinski definition) is 2. The molecule has 2 amide bonds. The van der Waals surface area contributed by atoms with Crippen LogP contribution in [-0.4, -0.2) is 30.4 Å². The molecule has 18 heavy (non-hydrogen) atoms. The number of nitrogens with one attached hydrogen (secondary N) is 2. The topological polar surface area (TPSA) is 71.1 Å². The third-order valence-corrected chi connectivity index (χ3v) is 2.87. The minimum Gasteiger partial charge on any atom is -0.359 e. The Bertz CT molecular complexity index is 460. The largest absolute Gasteiger partial charge is 0.359 e. The molecule has 5 nitrogen and oxygen atoms in total. The quantitative estimate of drug-likeness (QED) is 0.864. The summed E-state index contributed by atoms with van der Waals surface area (Å²) in [6.45, 7) is 3.71. The van der Waals surface area contributed by atoms with Gasteiger partial charge in [0.1, 0.15) is 0 Å². The zero-order valence-corrected chi connectivity index (χ0v) is 11.3. The molecule has 0 atom stereocenters. The summed E-state index contributed by atoms with van der Waals surface area (Å²) in [6.07, 6.45) is 2.90. The summed E-state index contributed by atoms with van der Waals surface area (Å²) in [5.74, 6) is -0.481. The number of halogens is 1. The van der Waals surface area contributed by atoms with E-state index in [0.717, 1.165) is 0 Å². The first-order chi connectivity index (χ1) is 8.38. The molecule has 98 valence electrons. The Morgan fingerprint density at radius 3 is 2.67 bits per heavy atom. The highest BCUT2D eigenvalue weighted by Crippen LogP contribution is 2.16. The monoisotopic (exact) mass is 269 g/mol. The Hall–Kier alpha value is -1.62. The fraction of sp³-hybridized carbons (Fsp3) is 0.417. The van der Waals surface area contributed by atoms with Crippen molar-refractivity contribution in [2.24, 2.45) is 5.41 Å². The van der Waals surface area contributed by atoms with Crippen LogP contribution in [0.2, 0.25) is 5.02 Å². The van der Waals surface area contributed by atoms with E-state index in [1.54, 1.807) is 27.0 Å². The normalized spacial score (nSPS) is 10.9. The van der Waals surface area contributed by atoms with E-state index >= 15 is 0 Å². The van der Waals surface area contributed by atoms with Crippen LogP contribution in [-0.2, 0) is 4.79 Å². The molecule has 0 aliphatic carbocycles. The molecule has 0 bridgehead atoms. The van der Waals surface area contributed by atoms with E-state index in [1.165, 1.54) is 12.4 Å². The van der Waals surface area contributed by atoms with Gasteiger partial charge in [-0.2, -0.15) is 0 Å². The van der Waals surface area contributed by atoms with Gasteiger partial charge in [-0.25, -0.2) is 0 Å². The van der Waals surface area contributed by atoms with Gasteiger partial charge in [0.25, 0.3) is 5.91 Å². The number of rotatable bonds is 4. The van der Waals surface area contributed by atoms with Crippen LogP contribution >= 0.6 is 11.6 Å². The van der Waals surface area contributed by atoms with Crippen molar-refractivity contribution in [3.63, 3.8) is 0 Å². The van der Waals surface area contributed by atoms with Gasteiger partial charge in [-0.15, -0.1) is 0 Å². The average Bonchev–Trinajstić information content (AvgIpc) is 2.35. The molecule has 0 aromatic carbocycles. The Kier molecular flexibility index (Phi) is 4.67. The summed E-state index contributed by atoms with van der Waals surface area (Å²) in [5, 5.41) is 5.56. The number of carbonyl (C=O) groups is 2. The van der Waals surface area contributed by atoms with Crippen LogP contribution in [0.15, 0.2) is 18.5 Å². The van der Waals surface area contributed by atoms with Gasteiger partial charge in [0.2, 0.25) is 5.91 Å². The van der Waals surface area contributed by atoms with E-state index in [0.29, 0.717) is 10.6 Å². The fourth-order valence-electron chi connectivity index (χ4n) is 1.36. The molecule has 1 heterocycles. The predicted molar refractivity (Wildman–Crippen MR) is 69.4 cm³/mol. The summed E-state index contributed by atoms with van der Waals surface area (Å²) >= 11 is 5.88. The second-order valence-electron chi connectivity index (χ2n) is 4.50. The second-order valence-corrected chi connectivity index (χ2v) is 4.91. The standard InChI is InChI=1S/C12H16ClN3O2/c1-12(2,11(18)14-3)7-16-10(17)8-6-15-5-4-9(8)13/h4-6H,7H2,1-3H3,(H,14,18)(H,16,17). The van der Waals surface area contributed by atoms with Crippen molar-refractivity contribution < 1.29 is 9.59 Å². The molecule has 0 unspecified atom stereocenters. The lowest BCUT2D eigenvalue weighted by Gasteiger charge is -2.22. The molecule has 1 aromatic heterocycles. The maximum Gasteiger partial charge on any atom is 0.254 e. The molecule has 1 rings (SSSR count). The van der Waals surface area contributed by atoms with Gasteiger partial charge in [0.05, 0.1) is 16.0 Å². The average molecular weight is 270 g/mol. The first kappa shape index (κ1) is 14.4. The van der Waals surface area contributed by atoms with Crippen molar-refractivity contribution in [1.82, 2.24) is 15.6 Å². The summed E-state index contributed by atoms with van der Waals surface area (Å²) in [7, 11) is 1.56. The minimum absolute atomic E-state index is 0.139. The van der Waals surface area contributed by atoms with Gasteiger partial charge < -0.3 is 10.6 Å². The van der Waals surface area contributed by atoms with E-state index in [4.69, 9.17) is 11.6 Å². The maximum atomic E-state index is 11.9. The predicted octanol–water partition coefficient (Wildman–Crippen LogP) is 1.24. The van der Waals surface area contributed by atoms with E-state index in [9.17, 15) is 9.59 Å². The molecule has 2 N–H and O–H groups in total.